The molecule has 0 radical (unpaired) electrons. The van der Waals surface area contributed by atoms with Gasteiger partial charge in [0.15, 0.2) is 9.84 Å². The molecule has 1 amide bonds. The summed E-state index contributed by atoms with van der Waals surface area (Å²) in [7, 11) is -6.77. The van der Waals surface area contributed by atoms with Crippen LogP contribution in [0.5, 0.6) is 0 Å². The molecule has 1 aromatic carbocycles. The zero-order valence-electron chi connectivity index (χ0n) is 16.3. The Morgan fingerprint density at radius 1 is 1.28 bits per heavy atom. The predicted molar refractivity (Wildman–Crippen MR) is 107 cm³/mol. The zero-order valence-corrected chi connectivity index (χ0v) is 17.9. The highest BCUT2D eigenvalue weighted by atomic mass is 32.2. The Morgan fingerprint density at radius 3 is 2.48 bits per heavy atom. The van der Waals surface area contributed by atoms with Gasteiger partial charge in [0.1, 0.15) is 0 Å². The van der Waals surface area contributed by atoms with Crippen LogP contribution in [0.15, 0.2) is 29.2 Å². The van der Waals surface area contributed by atoms with Gasteiger partial charge in [-0.2, -0.15) is 5.10 Å². The van der Waals surface area contributed by atoms with Gasteiger partial charge in [0.25, 0.3) is 0 Å². The van der Waals surface area contributed by atoms with Crippen molar-refractivity contribution >= 4 is 25.8 Å². The number of carbonyl (C=O) groups is 1. The lowest BCUT2D eigenvalue weighted by Gasteiger charge is -2.11. The highest BCUT2D eigenvalue weighted by Crippen LogP contribution is 2.27. The Kier molecular flexibility index (Phi) is 5.84. The van der Waals surface area contributed by atoms with E-state index in [2.05, 4.69) is 10.4 Å². The first-order valence-corrected chi connectivity index (χ1v) is 12.5. The van der Waals surface area contributed by atoms with Crippen molar-refractivity contribution in [2.75, 3.05) is 11.5 Å². The van der Waals surface area contributed by atoms with E-state index in [-0.39, 0.29) is 41.3 Å². The first kappa shape index (κ1) is 21.5. The summed E-state index contributed by atoms with van der Waals surface area (Å²) in [6.07, 6.45) is 0.664. The molecule has 9 nitrogen and oxygen atoms in total. The van der Waals surface area contributed by atoms with Crippen molar-refractivity contribution in [3.8, 4) is 0 Å². The number of nitrogens with one attached hydrogen (secondary N) is 1. The van der Waals surface area contributed by atoms with Crippen LogP contribution in [-0.4, -0.2) is 44.0 Å². The largest absolute Gasteiger partial charge is 0.352 e. The number of rotatable bonds is 6. The molecule has 0 aliphatic carbocycles. The summed E-state index contributed by atoms with van der Waals surface area (Å²) in [6, 6.07) is 5.78. The van der Waals surface area contributed by atoms with E-state index in [1.54, 1.807) is 16.8 Å². The molecule has 29 heavy (non-hydrogen) atoms. The molecule has 1 saturated heterocycles. The van der Waals surface area contributed by atoms with Crippen molar-refractivity contribution in [3.05, 3.63) is 46.8 Å². The highest BCUT2D eigenvalue weighted by Gasteiger charge is 2.31. The summed E-state index contributed by atoms with van der Waals surface area (Å²) in [6.45, 7) is 3.90. The molecular weight excluding hydrogens is 416 g/mol. The molecule has 1 atom stereocenters. The second-order valence-electron chi connectivity index (χ2n) is 7.29. The third kappa shape index (κ3) is 5.03. The maximum atomic E-state index is 12.4. The van der Waals surface area contributed by atoms with Gasteiger partial charge in [0.2, 0.25) is 15.9 Å². The van der Waals surface area contributed by atoms with Crippen LogP contribution < -0.4 is 10.5 Å². The SMILES string of the molecule is Cc1nn([C@H]2CCS(=O)(=O)C2)c(C)c1CC(=O)NCc1ccc(S(N)(=O)=O)cc1. The molecule has 3 rings (SSSR count). The number of hydrogen-bond acceptors (Lipinski definition) is 6. The second kappa shape index (κ2) is 7.88. The van der Waals surface area contributed by atoms with Crippen LogP contribution in [0, 0.1) is 13.8 Å². The van der Waals surface area contributed by atoms with E-state index in [4.69, 9.17) is 5.14 Å². The summed E-state index contributed by atoms with van der Waals surface area (Å²) in [5.41, 5.74) is 3.04. The van der Waals surface area contributed by atoms with Crippen molar-refractivity contribution in [1.29, 1.82) is 0 Å². The maximum absolute atomic E-state index is 12.4. The number of nitrogens with zero attached hydrogens (tertiary/aromatic N) is 2. The standard InChI is InChI=1S/C18H24N4O5S2/c1-12-17(13(2)22(21-12)15-7-8-28(24,25)11-15)9-18(23)20-10-14-3-5-16(6-4-14)29(19,26)27/h3-6,15H,7-11H2,1-2H3,(H,20,23)(H2,19,26,27)/t15-/m0/s1. The first-order valence-electron chi connectivity index (χ1n) is 9.10. The van der Waals surface area contributed by atoms with E-state index in [0.717, 1.165) is 16.8 Å². The van der Waals surface area contributed by atoms with Crippen molar-refractivity contribution in [3.63, 3.8) is 0 Å². The van der Waals surface area contributed by atoms with Gasteiger partial charge >= 0.3 is 0 Å². The Bertz CT molecular complexity index is 1140. The molecule has 0 spiro atoms. The number of amides is 1. The van der Waals surface area contributed by atoms with Crippen molar-refractivity contribution in [1.82, 2.24) is 15.1 Å². The summed E-state index contributed by atoms with van der Waals surface area (Å²) < 4.78 is 47.8. The van der Waals surface area contributed by atoms with Gasteiger partial charge in [-0.25, -0.2) is 22.0 Å². The third-order valence-corrected chi connectivity index (χ3v) is 7.79. The molecule has 0 saturated carbocycles. The van der Waals surface area contributed by atoms with E-state index < -0.39 is 19.9 Å². The Morgan fingerprint density at radius 2 is 1.93 bits per heavy atom. The van der Waals surface area contributed by atoms with Gasteiger partial charge in [-0.1, -0.05) is 12.1 Å². The fourth-order valence-electron chi connectivity index (χ4n) is 3.50. The molecule has 11 heteroatoms. The number of benzene rings is 1. The maximum Gasteiger partial charge on any atom is 0.238 e. The van der Waals surface area contributed by atoms with E-state index in [1.165, 1.54) is 12.1 Å². The summed E-state index contributed by atoms with van der Waals surface area (Å²) >= 11 is 0. The van der Waals surface area contributed by atoms with Gasteiger partial charge in [-0.15, -0.1) is 0 Å². The summed E-state index contributed by atoms with van der Waals surface area (Å²) in [4.78, 5) is 12.4. The molecule has 3 N–H and O–H groups in total. The number of aryl methyl sites for hydroxylation is 1. The fourth-order valence-corrected chi connectivity index (χ4v) is 5.70. The van der Waals surface area contributed by atoms with Gasteiger partial charge in [-0.05, 0) is 38.0 Å². The lowest BCUT2D eigenvalue weighted by molar-refractivity contribution is -0.120. The fraction of sp³-hybridized carbons (Fsp3) is 0.444. The molecule has 0 unspecified atom stereocenters. The average molecular weight is 441 g/mol. The van der Waals surface area contributed by atoms with Crippen molar-refractivity contribution in [2.24, 2.45) is 5.14 Å². The molecule has 1 aliphatic rings. The number of carbonyl (C=O) groups excluding carboxylic acids is 1. The molecule has 158 valence electrons. The molecule has 1 aliphatic heterocycles. The van der Waals surface area contributed by atoms with E-state index in [0.29, 0.717) is 12.1 Å². The van der Waals surface area contributed by atoms with Crippen LogP contribution in [0.3, 0.4) is 0 Å². The Labute approximate surface area is 170 Å². The minimum atomic E-state index is -3.75. The van der Waals surface area contributed by atoms with Gasteiger partial charge < -0.3 is 5.32 Å². The molecule has 1 fully saturated rings. The smallest absolute Gasteiger partial charge is 0.238 e. The lowest BCUT2D eigenvalue weighted by Crippen LogP contribution is -2.25. The molecule has 0 bridgehead atoms. The molecule has 2 aromatic rings. The van der Waals surface area contributed by atoms with Crippen LogP contribution in [0.25, 0.3) is 0 Å². The van der Waals surface area contributed by atoms with E-state index in [9.17, 15) is 21.6 Å². The van der Waals surface area contributed by atoms with Crippen LogP contribution in [-0.2, 0) is 37.6 Å². The molecular formula is C18H24N4O5S2. The average Bonchev–Trinajstić information content (AvgIpc) is 3.13. The lowest BCUT2D eigenvalue weighted by atomic mass is 10.1. The second-order valence-corrected chi connectivity index (χ2v) is 11.1. The zero-order chi connectivity index (χ0) is 21.4. The van der Waals surface area contributed by atoms with Gasteiger partial charge in [0, 0.05) is 17.8 Å². The Balaban J connectivity index is 1.64. The topological polar surface area (TPSA) is 141 Å². The van der Waals surface area contributed by atoms with Crippen LogP contribution in [0.1, 0.15) is 35.0 Å². The number of sulfone groups is 1. The quantitative estimate of drug-likeness (QED) is 0.665. The van der Waals surface area contributed by atoms with E-state index in [1.807, 2.05) is 13.8 Å². The number of primary sulfonamides is 1. The highest BCUT2D eigenvalue weighted by molar-refractivity contribution is 7.91. The third-order valence-electron chi connectivity index (χ3n) is 5.11. The minimum absolute atomic E-state index is 0.0140. The monoisotopic (exact) mass is 440 g/mol. The number of aromatic nitrogens is 2. The molecule has 2 heterocycles. The van der Waals surface area contributed by atoms with Crippen molar-refractivity contribution in [2.45, 2.75) is 44.2 Å². The van der Waals surface area contributed by atoms with Crippen LogP contribution in [0.4, 0.5) is 0 Å². The Hall–Kier alpha value is -2.24. The number of sulfonamides is 1. The van der Waals surface area contributed by atoms with Gasteiger partial charge in [-0.3, -0.25) is 9.48 Å². The van der Waals surface area contributed by atoms with Crippen LogP contribution in [0.2, 0.25) is 0 Å². The number of nitrogens with two attached hydrogens (primary N) is 1. The normalized spacial score (nSPS) is 18.7. The first-order chi connectivity index (χ1) is 13.5. The van der Waals surface area contributed by atoms with Crippen LogP contribution >= 0.6 is 0 Å². The summed E-state index contributed by atoms with van der Waals surface area (Å²) in [5.74, 6) is 0.0379. The van der Waals surface area contributed by atoms with E-state index >= 15 is 0 Å². The summed E-state index contributed by atoms with van der Waals surface area (Å²) in [5, 5.41) is 12.3. The minimum Gasteiger partial charge on any atom is -0.352 e. The predicted octanol–water partition coefficient (Wildman–Crippen LogP) is 0.366. The molecule has 1 aromatic heterocycles. The van der Waals surface area contributed by atoms with Crippen molar-refractivity contribution < 1.29 is 21.6 Å². The number of hydrogen-bond donors (Lipinski definition) is 2. The van der Waals surface area contributed by atoms with Gasteiger partial charge in [0.05, 0.1) is 34.6 Å².